The third kappa shape index (κ3) is 5.12. The van der Waals surface area contributed by atoms with E-state index in [1.54, 1.807) is 6.92 Å². The molecule has 1 amide bonds. The van der Waals surface area contributed by atoms with Crippen LogP contribution in [0.1, 0.15) is 25.3 Å². The van der Waals surface area contributed by atoms with Gasteiger partial charge in [0.25, 0.3) is 5.91 Å². The second kappa shape index (κ2) is 8.92. The predicted octanol–water partition coefficient (Wildman–Crippen LogP) is 3.07. The molecule has 0 bridgehead atoms. The van der Waals surface area contributed by atoms with E-state index in [2.05, 4.69) is 22.3 Å². The van der Waals surface area contributed by atoms with Gasteiger partial charge in [-0.3, -0.25) is 4.79 Å². The Kier molecular flexibility index (Phi) is 6.62. The molecule has 0 saturated carbocycles. The quantitative estimate of drug-likeness (QED) is 0.841. The third-order valence-corrected chi connectivity index (χ3v) is 5.71. The zero-order chi connectivity index (χ0) is 17.6. The van der Waals surface area contributed by atoms with E-state index in [1.807, 2.05) is 24.8 Å². The van der Waals surface area contributed by atoms with E-state index in [9.17, 15) is 4.79 Å². The molecule has 0 aromatic heterocycles. The van der Waals surface area contributed by atoms with Gasteiger partial charge in [-0.1, -0.05) is 0 Å². The Morgan fingerprint density at radius 1 is 1.44 bits per heavy atom. The molecule has 2 heterocycles. The van der Waals surface area contributed by atoms with E-state index < -0.39 is 6.10 Å². The van der Waals surface area contributed by atoms with Gasteiger partial charge in [0.15, 0.2) is 0 Å². The zero-order valence-corrected chi connectivity index (χ0v) is 15.9. The number of benzene rings is 1. The number of ether oxygens (including phenoxy) is 2. The smallest absolute Gasteiger partial charge is 0.253 e. The van der Waals surface area contributed by atoms with Gasteiger partial charge in [-0.05, 0) is 50.5 Å². The first kappa shape index (κ1) is 18.5. The minimum Gasteiger partial charge on any atom is -0.376 e. The normalized spacial score (nSPS) is 22.0. The zero-order valence-electron chi connectivity index (χ0n) is 15.1. The minimum absolute atomic E-state index is 0.108. The fraction of sp³-hybridized carbons (Fsp3) is 0.632. The first-order valence-electron chi connectivity index (χ1n) is 9.11. The van der Waals surface area contributed by atoms with E-state index in [4.69, 9.17) is 9.47 Å². The van der Waals surface area contributed by atoms with Crippen LogP contribution in [0.2, 0.25) is 0 Å². The molecule has 0 radical (unpaired) electrons. The van der Waals surface area contributed by atoms with Crippen LogP contribution in [-0.2, 0) is 14.3 Å². The number of amides is 1. The highest BCUT2D eigenvalue weighted by Crippen LogP contribution is 2.25. The molecule has 2 fully saturated rings. The monoisotopic (exact) mass is 364 g/mol. The van der Waals surface area contributed by atoms with Gasteiger partial charge >= 0.3 is 0 Å². The van der Waals surface area contributed by atoms with Crippen molar-refractivity contribution in [2.75, 3.05) is 48.0 Å². The van der Waals surface area contributed by atoms with E-state index in [0.717, 1.165) is 43.8 Å². The highest BCUT2D eigenvalue weighted by atomic mass is 32.2. The summed E-state index contributed by atoms with van der Waals surface area (Å²) in [7, 11) is 0. The molecule has 2 aliphatic heterocycles. The fourth-order valence-electron chi connectivity index (χ4n) is 3.14. The molecule has 2 atom stereocenters. The molecule has 2 aliphatic rings. The van der Waals surface area contributed by atoms with Gasteiger partial charge in [-0.25, -0.2) is 0 Å². The number of anilines is 2. The Bertz CT molecular complexity index is 584. The highest BCUT2D eigenvalue weighted by Gasteiger charge is 2.20. The topological polar surface area (TPSA) is 50.8 Å². The molecule has 1 N–H and O–H groups in total. The van der Waals surface area contributed by atoms with Crippen molar-refractivity contribution >= 4 is 29.0 Å². The number of carbonyl (C=O) groups is 1. The summed E-state index contributed by atoms with van der Waals surface area (Å²) in [5.74, 6) is 2.25. The molecule has 0 spiro atoms. The Hall–Kier alpha value is -1.24. The lowest BCUT2D eigenvalue weighted by Gasteiger charge is -2.29. The lowest BCUT2D eigenvalue weighted by molar-refractivity contribution is -0.128. The van der Waals surface area contributed by atoms with Crippen LogP contribution in [0, 0.1) is 6.92 Å². The van der Waals surface area contributed by atoms with Crippen LogP contribution >= 0.6 is 11.8 Å². The second-order valence-corrected chi connectivity index (χ2v) is 7.92. The van der Waals surface area contributed by atoms with Crippen molar-refractivity contribution in [3.63, 3.8) is 0 Å². The van der Waals surface area contributed by atoms with Crippen molar-refractivity contribution in [3.8, 4) is 0 Å². The van der Waals surface area contributed by atoms with Gasteiger partial charge < -0.3 is 19.7 Å². The van der Waals surface area contributed by atoms with Crippen LogP contribution in [0.3, 0.4) is 0 Å². The molecule has 0 unspecified atom stereocenters. The molecule has 0 aliphatic carbocycles. The minimum atomic E-state index is -0.484. The maximum Gasteiger partial charge on any atom is 0.253 e. The van der Waals surface area contributed by atoms with E-state index in [1.165, 1.54) is 17.2 Å². The van der Waals surface area contributed by atoms with Crippen LogP contribution in [0.4, 0.5) is 11.4 Å². The number of aryl methyl sites for hydroxylation is 1. The summed E-state index contributed by atoms with van der Waals surface area (Å²) in [5.41, 5.74) is 3.17. The Morgan fingerprint density at radius 2 is 2.24 bits per heavy atom. The van der Waals surface area contributed by atoms with Gasteiger partial charge in [0, 0.05) is 42.6 Å². The highest BCUT2D eigenvalue weighted by molar-refractivity contribution is 7.99. The maximum absolute atomic E-state index is 12.4. The SMILES string of the molecule is Cc1cc(N2CCSCC2)ccc1NC(=O)[C@@H](C)OC[C@H]1CCCO1. The van der Waals surface area contributed by atoms with Gasteiger partial charge in [-0.2, -0.15) is 11.8 Å². The van der Waals surface area contributed by atoms with E-state index in [0.29, 0.717) is 6.61 Å². The number of nitrogens with zero attached hydrogens (tertiary/aromatic N) is 1. The molecular weight excluding hydrogens is 336 g/mol. The first-order valence-corrected chi connectivity index (χ1v) is 10.3. The molecular formula is C19H28N2O3S. The van der Waals surface area contributed by atoms with Gasteiger partial charge in [0.05, 0.1) is 12.7 Å². The fourth-order valence-corrected chi connectivity index (χ4v) is 4.05. The van der Waals surface area contributed by atoms with E-state index in [-0.39, 0.29) is 12.0 Å². The summed E-state index contributed by atoms with van der Waals surface area (Å²) in [5, 5.41) is 2.99. The summed E-state index contributed by atoms with van der Waals surface area (Å²) >= 11 is 2.00. The molecule has 25 heavy (non-hydrogen) atoms. The van der Waals surface area contributed by atoms with E-state index >= 15 is 0 Å². The van der Waals surface area contributed by atoms with Crippen LogP contribution < -0.4 is 10.2 Å². The van der Waals surface area contributed by atoms with Crippen LogP contribution in [0.15, 0.2) is 18.2 Å². The predicted molar refractivity (Wildman–Crippen MR) is 104 cm³/mol. The molecule has 2 saturated heterocycles. The summed E-state index contributed by atoms with van der Waals surface area (Å²) < 4.78 is 11.2. The summed E-state index contributed by atoms with van der Waals surface area (Å²) in [4.78, 5) is 14.8. The maximum atomic E-state index is 12.4. The van der Waals surface area contributed by atoms with Crippen molar-refractivity contribution in [2.45, 2.75) is 38.9 Å². The van der Waals surface area contributed by atoms with Gasteiger partial charge in [-0.15, -0.1) is 0 Å². The van der Waals surface area contributed by atoms with Crippen molar-refractivity contribution in [3.05, 3.63) is 23.8 Å². The summed E-state index contributed by atoms with van der Waals surface area (Å²) in [6.45, 7) is 7.29. The number of thioether (sulfide) groups is 1. The van der Waals surface area contributed by atoms with Crippen LogP contribution in [0.5, 0.6) is 0 Å². The van der Waals surface area contributed by atoms with Gasteiger partial charge in [0.2, 0.25) is 0 Å². The number of carbonyl (C=O) groups excluding carboxylic acids is 1. The number of nitrogens with one attached hydrogen (secondary N) is 1. The Balaban J connectivity index is 1.53. The van der Waals surface area contributed by atoms with Crippen molar-refractivity contribution < 1.29 is 14.3 Å². The molecule has 138 valence electrons. The van der Waals surface area contributed by atoms with Crippen molar-refractivity contribution in [2.24, 2.45) is 0 Å². The lowest BCUT2D eigenvalue weighted by atomic mass is 10.1. The third-order valence-electron chi connectivity index (χ3n) is 4.77. The molecule has 1 aromatic rings. The summed E-state index contributed by atoms with van der Waals surface area (Å²) in [6, 6.07) is 6.25. The Labute approximate surface area is 154 Å². The molecule has 3 rings (SSSR count). The molecule has 1 aromatic carbocycles. The largest absolute Gasteiger partial charge is 0.376 e. The van der Waals surface area contributed by atoms with Gasteiger partial charge in [0.1, 0.15) is 6.10 Å². The Morgan fingerprint density at radius 3 is 2.92 bits per heavy atom. The second-order valence-electron chi connectivity index (χ2n) is 6.70. The lowest BCUT2D eigenvalue weighted by Crippen LogP contribution is -2.32. The number of hydrogen-bond donors (Lipinski definition) is 1. The average molecular weight is 365 g/mol. The first-order chi connectivity index (χ1) is 12.1. The molecule has 6 heteroatoms. The van der Waals surface area contributed by atoms with Crippen LogP contribution in [0.25, 0.3) is 0 Å². The summed E-state index contributed by atoms with van der Waals surface area (Å²) in [6.07, 6.45) is 1.75. The number of rotatable bonds is 6. The number of hydrogen-bond acceptors (Lipinski definition) is 5. The molecule has 5 nitrogen and oxygen atoms in total. The van der Waals surface area contributed by atoms with Crippen molar-refractivity contribution in [1.82, 2.24) is 0 Å². The standard InChI is InChI=1S/C19H28N2O3S/c1-14-12-16(21-7-10-25-11-8-21)5-6-18(14)20-19(22)15(2)24-13-17-4-3-9-23-17/h5-6,12,15,17H,3-4,7-11,13H2,1-2H3,(H,20,22)/t15-,17-/m1/s1. The van der Waals surface area contributed by atoms with Crippen molar-refractivity contribution in [1.29, 1.82) is 0 Å². The van der Waals surface area contributed by atoms with Crippen LogP contribution in [-0.4, -0.2) is 55.9 Å². The average Bonchev–Trinajstić information content (AvgIpc) is 3.15.